The Morgan fingerprint density at radius 3 is 0.568 bits per heavy atom. The molecule has 200 valence electrons. The largest absolute Gasteiger partial charge is 0.320 e. The zero-order chi connectivity index (χ0) is 28.5. The van der Waals surface area contributed by atoms with Gasteiger partial charge in [0, 0.05) is 0 Å². The zero-order valence-electron chi connectivity index (χ0n) is 17.7. The Bertz CT molecular complexity index is 1210. The van der Waals surface area contributed by atoms with Crippen molar-refractivity contribution in [3.05, 3.63) is 87.3 Å². The molecule has 0 aliphatic heterocycles. The highest BCUT2D eigenvalue weighted by Crippen LogP contribution is 2.30. The van der Waals surface area contributed by atoms with Gasteiger partial charge in [0.15, 0.2) is 52.4 Å². The topological polar surface area (TPSA) is 0 Å². The molecule has 0 atom stereocenters. The van der Waals surface area contributed by atoms with Crippen molar-refractivity contribution in [3.8, 4) is 0 Å². The van der Waals surface area contributed by atoms with Crippen LogP contribution in [0.3, 0.4) is 0 Å². The van der Waals surface area contributed by atoms with Crippen LogP contribution in [-0.4, -0.2) is 17.9 Å². The third kappa shape index (κ3) is 3.67. The van der Waals surface area contributed by atoms with Gasteiger partial charge in [-0.2, -0.15) is 0 Å². The molecule has 0 saturated carbocycles. The normalized spacial score (nSPS) is 12.2. The summed E-state index contributed by atoms with van der Waals surface area (Å²) in [5.74, 6) is -44.8. The smallest absolute Gasteiger partial charge is 0.215 e. The summed E-state index contributed by atoms with van der Waals surface area (Å²) in [6.45, 7) is 0. The fraction of sp³-hybridized carbons (Fsp3) is 0.100. The van der Waals surface area contributed by atoms with E-state index in [1.165, 1.54) is 0 Å². The first kappa shape index (κ1) is 28.6. The maximum atomic E-state index is 15.0. The van der Waals surface area contributed by atoms with Crippen molar-refractivity contribution in [1.29, 1.82) is 0 Å². The van der Waals surface area contributed by atoms with Gasteiger partial charge >= 0.3 is 5.42 Å². The van der Waals surface area contributed by atoms with Crippen molar-refractivity contribution >= 4 is 32.6 Å². The van der Waals surface area contributed by atoms with Gasteiger partial charge in [-0.15, -0.1) is 0 Å². The molecule has 0 bridgehead atoms. The molecule has 0 fully saturated rings. The summed E-state index contributed by atoms with van der Waals surface area (Å²) >= 11 is 0. The van der Waals surface area contributed by atoms with Gasteiger partial charge in [-0.05, 0) is 0 Å². The van der Waals surface area contributed by atoms with Gasteiger partial charge in [0.2, 0.25) is 0 Å². The predicted octanol–water partition coefficient (Wildman–Crippen LogP) is 4.62. The fourth-order valence-corrected chi connectivity index (χ4v) is 6.11. The molecular formula is C20H6BF15S. The number of hydrogen-bond donors (Lipinski definition) is 0. The molecule has 0 spiro atoms. The molecule has 17 heteroatoms. The molecule has 3 rings (SSSR count). The summed E-state index contributed by atoms with van der Waals surface area (Å²) in [4.78, 5) is 0. The van der Waals surface area contributed by atoms with Gasteiger partial charge < -0.3 is 0 Å². The molecule has 37 heavy (non-hydrogen) atoms. The monoisotopic (exact) mass is 574 g/mol. The third-order valence-corrected chi connectivity index (χ3v) is 7.78. The van der Waals surface area contributed by atoms with E-state index in [0.717, 1.165) is 0 Å². The maximum Gasteiger partial charge on any atom is 0.320 e. The van der Waals surface area contributed by atoms with Crippen LogP contribution < -0.4 is 16.4 Å². The average Bonchev–Trinajstić information content (AvgIpc) is 2.85. The van der Waals surface area contributed by atoms with Crippen LogP contribution in [0.2, 0.25) is 0 Å². The number of rotatable bonds is 4. The van der Waals surface area contributed by atoms with E-state index < -0.39 is 120 Å². The maximum absolute atomic E-state index is 15.0. The molecule has 3 aromatic carbocycles. The molecule has 0 aromatic heterocycles. The van der Waals surface area contributed by atoms with Crippen molar-refractivity contribution < 1.29 is 65.9 Å². The molecule has 0 amide bonds. The summed E-state index contributed by atoms with van der Waals surface area (Å²) < 4.78 is 216. The van der Waals surface area contributed by atoms with Crippen LogP contribution >= 0.6 is 0 Å². The van der Waals surface area contributed by atoms with Crippen LogP contribution in [0, 0.1) is 87.3 Å². The quantitative estimate of drug-likeness (QED) is 0.141. The van der Waals surface area contributed by atoms with E-state index in [9.17, 15) is 39.5 Å². The van der Waals surface area contributed by atoms with Crippen molar-refractivity contribution in [1.82, 2.24) is 0 Å². The van der Waals surface area contributed by atoms with Gasteiger partial charge in [-0.1, -0.05) is 16.4 Å². The highest BCUT2D eigenvalue weighted by molar-refractivity contribution is 8.29. The fourth-order valence-electron chi connectivity index (χ4n) is 4.08. The molecule has 0 nitrogen and oxygen atoms in total. The lowest BCUT2D eigenvalue weighted by atomic mass is 9.33. The average molecular weight is 574 g/mol. The lowest BCUT2D eigenvalue weighted by molar-refractivity contribution is 0.380. The summed E-state index contributed by atoms with van der Waals surface area (Å²) in [6.07, 6.45) is 1.02. The zero-order valence-corrected chi connectivity index (χ0v) is 18.5. The molecule has 0 radical (unpaired) electrons. The molecule has 0 heterocycles. The summed E-state index contributed by atoms with van der Waals surface area (Å²) in [6, 6.07) is 0. The highest BCUT2D eigenvalue weighted by atomic mass is 32.2. The van der Waals surface area contributed by atoms with E-state index in [2.05, 4.69) is 0 Å². The van der Waals surface area contributed by atoms with E-state index in [0.29, 0.717) is 12.5 Å². The molecule has 0 aliphatic rings. The Morgan fingerprint density at radius 1 is 0.297 bits per heavy atom. The van der Waals surface area contributed by atoms with Crippen molar-refractivity contribution in [2.45, 2.75) is 0 Å². The molecule has 0 unspecified atom stereocenters. The van der Waals surface area contributed by atoms with E-state index in [1.54, 1.807) is 0 Å². The Morgan fingerprint density at radius 2 is 0.432 bits per heavy atom. The van der Waals surface area contributed by atoms with Crippen molar-refractivity contribution in [3.63, 3.8) is 0 Å². The first-order chi connectivity index (χ1) is 17.0. The second-order valence-corrected chi connectivity index (χ2v) is 10.1. The Hall–Kier alpha value is -2.98. The predicted molar refractivity (Wildman–Crippen MR) is 103 cm³/mol. The molecule has 3 aromatic rings. The van der Waals surface area contributed by atoms with Crippen LogP contribution in [0.25, 0.3) is 0 Å². The molecule has 0 saturated heterocycles. The van der Waals surface area contributed by atoms with Crippen LogP contribution in [0.5, 0.6) is 0 Å². The Labute approximate surface area is 198 Å². The summed E-state index contributed by atoms with van der Waals surface area (Å²) in [5.41, 5.74) is -13.2. The van der Waals surface area contributed by atoms with Crippen molar-refractivity contribution in [2.24, 2.45) is 0 Å². The van der Waals surface area contributed by atoms with Crippen LogP contribution in [0.4, 0.5) is 65.9 Å². The lowest BCUT2D eigenvalue weighted by Crippen LogP contribution is -2.77. The Balaban J connectivity index is 2.90. The van der Waals surface area contributed by atoms with E-state index >= 15 is 26.3 Å². The molecular weight excluding hydrogens is 568 g/mol. The van der Waals surface area contributed by atoms with Gasteiger partial charge in [-0.25, -0.2) is 76.6 Å². The summed E-state index contributed by atoms with van der Waals surface area (Å²) in [5, 5.41) is 0. The second kappa shape index (κ2) is 9.40. The minimum atomic E-state index is -5.44. The highest BCUT2D eigenvalue weighted by Gasteiger charge is 2.56. The summed E-state index contributed by atoms with van der Waals surface area (Å²) in [7, 11) is -2.74. The first-order valence-corrected chi connectivity index (χ1v) is 11.4. The van der Waals surface area contributed by atoms with Gasteiger partial charge in [0.25, 0.3) is 0 Å². The lowest BCUT2D eigenvalue weighted by Gasteiger charge is -2.39. The number of benzene rings is 3. The standard InChI is InChI=1S/C20H6BF15S/c1-37(2)21(3-6(22)12(28)18(34)13(29)7(3)23,4-8(24)14(30)19(35)15(31)9(4)25)5-10(26)16(32)20(36)17(33)11(5)27/h1-2H3. The molecule has 0 N–H and O–H groups in total. The Kier molecular flexibility index (Phi) is 7.26. The van der Waals surface area contributed by atoms with Crippen LogP contribution in [-0.2, 0) is 10.7 Å². The number of hydrogen-bond acceptors (Lipinski definition) is 0. The first-order valence-electron chi connectivity index (χ1n) is 9.25. The number of halogens is 15. The SMILES string of the molecule is C[S+](C)[B-](c1c(F)c(F)c(F)c(F)c1F)(c1c(F)c(F)c(F)c(F)c1F)c1c(F)c(F)c(F)c(F)c1F. The van der Waals surface area contributed by atoms with Gasteiger partial charge in [-0.3, -0.25) is 0 Å². The van der Waals surface area contributed by atoms with E-state index in [4.69, 9.17) is 0 Å². The van der Waals surface area contributed by atoms with Crippen LogP contribution in [0.1, 0.15) is 0 Å². The van der Waals surface area contributed by atoms with Crippen molar-refractivity contribution in [2.75, 3.05) is 12.5 Å². The third-order valence-electron chi connectivity index (χ3n) is 5.66. The van der Waals surface area contributed by atoms with Gasteiger partial charge in [0.1, 0.15) is 34.9 Å². The van der Waals surface area contributed by atoms with E-state index in [1.807, 2.05) is 0 Å². The minimum Gasteiger partial charge on any atom is -0.215 e. The molecule has 0 aliphatic carbocycles. The van der Waals surface area contributed by atoms with E-state index in [-0.39, 0.29) is 0 Å². The van der Waals surface area contributed by atoms with Gasteiger partial charge in [0.05, 0.1) is 12.5 Å². The second-order valence-electron chi connectivity index (χ2n) is 7.62. The van der Waals surface area contributed by atoms with Crippen LogP contribution in [0.15, 0.2) is 0 Å². The minimum absolute atomic E-state index is 0.508.